The fourth-order valence-electron chi connectivity index (χ4n) is 0.236. The molecule has 0 radical (unpaired) electrons. The molecule has 0 heterocycles. The van der Waals surface area contributed by atoms with Gasteiger partial charge in [-0.25, -0.2) is 4.99 Å². The summed E-state index contributed by atoms with van der Waals surface area (Å²) >= 11 is 3.22. The molecule has 3 heteroatoms. The van der Waals surface area contributed by atoms with Crippen LogP contribution in [0.4, 0.5) is 0 Å². The SMILES string of the molecule is C=C(N)N=C/C=C(\C)Br. The number of nitrogens with two attached hydrogens (primary N) is 1. The van der Waals surface area contributed by atoms with Crippen molar-refractivity contribution in [1.82, 2.24) is 0 Å². The van der Waals surface area contributed by atoms with Gasteiger partial charge in [-0.2, -0.15) is 0 Å². The molecule has 0 saturated heterocycles. The summed E-state index contributed by atoms with van der Waals surface area (Å²) in [5, 5.41) is 0. The van der Waals surface area contributed by atoms with Crippen molar-refractivity contribution in [1.29, 1.82) is 0 Å². The molecule has 0 amide bonds. The Balaban J connectivity index is 3.74. The molecule has 0 bridgehead atoms. The van der Waals surface area contributed by atoms with E-state index in [0.29, 0.717) is 5.82 Å². The van der Waals surface area contributed by atoms with E-state index in [1.54, 1.807) is 12.3 Å². The summed E-state index contributed by atoms with van der Waals surface area (Å²) in [6.45, 7) is 5.30. The summed E-state index contributed by atoms with van der Waals surface area (Å²) in [5.74, 6) is 0.319. The van der Waals surface area contributed by atoms with Crippen LogP contribution >= 0.6 is 15.9 Å². The minimum atomic E-state index is 0.319. The van der Waals surface area contributed by atoms with E-state index in [9.17, 15) is 0 Å². The summed E-state index contributed by atoms with van der Waals surface area (Å²) in [7, 11) is 0. The van der Waals surface area contributed by atoms with E-state index in [1.165, 1.54) is 0 Å². The second-order valence-corrected chi connectivity index (χ2v) is 2.77. The zero-order chi connectivity index (χ0) is 7.28. The van der Waals surface area contributed by atoms with Crippen LogP contribution in [0.2, 0.25) is 0 Å². The van der Waals surface area contributed by atoms with Gasteiger partial charge in [0.05, 0.1) is 0 Å². The van der Waals surface area contributed by atoms with Gasteiger partial charge in [-0.3, -0.25) is 0 Å². The summed E-state index contributed by atoms with van der Waals surface area (Å²) in [6.07, 6.45) is 3.38. The zero-order valence-corrected chi connectivity index (χ0v) is 6.85. The molecule has 0 aliphatic heterocycles. The number of halogens is 1. The van der Waals surface area contributed by atoms with Crippen molar-refractivity contribution in [3.63, 3.8) is 0 Å². The highest BCUT2D eigenvalue weighted by molar-refractivity contribution is 9.11. The van der Waals surface area contributed by atoms with E-state index >= 15 is 0 Å². The number of hydrogen-bond acceptors (Lipinski definition) is 2. The topological polar surface area (TPSA) is 38.4 Å². The van der Waals surface area contributed by atoms with E-state index in [-0.39, 0.29) is 0 Å². The van der Waals surface area contributed by atoms with Crippen LogP contribution in [0.1, 0.15) is 6.92 Å². The normalized spacial score (nSPS) is 12.4. The van der Waals surface area contributed by atoms with Crippen molar-refractivity contribution < 1.29 is 0 Å². The van der Waals surface area contributed by atoms with E-state index < -0.39 is 0 Å². The molecule has 0 saturated carbocycles. The molecule has 50 valence electrons. The van der Waals surface area contributed by atoms with Gasteiger partial charge in [-0.05, 0) is 17.5 Å². The maximum atomic E-state index is 5.14. The fraction of sp³-hybridized carbons (Fsp3) is 0.167. The van der Waals surface area contributed by atoms with Gasteiger partial charge in [0.25, 0.3) is 0 Å². The molecule has 0 atom stereocenters. The molecular weight excluding hydrogens is 180 g/mol. The second-order valence-electron chi connectivity index (χ2n) is 1.52. The smallest absolute Gasteiger partial charge is 0.115 e. The van der Waals surface area contributed by atoms with Crippen molar-refractivity contribution in [2.45, 2.75) is 6.92 Å². The first-order chi connectivity index (χ1) is 4.13. The van der Waals surface area contributed by atoms with E-state index in [2.05, 4.69) is 27.5 Å². The molecule has 0 fully saturated rings. The van der Waals surface area contributed by atoms with Crippen LogP contribution in [-0.2, 0) is 0 Å². The van der Waals surface area contributed by atoms with Crippen molar-refractivity contribution in [2.75, 3.05) is 0 Å². The minimum absolute atomic E-state index is 0.319. The van der Waals surface area contributed by atoms with Crippen molar-refractivity contribution in [2.24, 2.45) is 10.7 Å². The van der Waals surface area contributed by atoms with Crippen molar-refractivity contribution in [3.8, 4) is 0 Å². The number of rotatable bonds is 2. The molecule has 0 unspecified atom stereocenters. The van der Waals surface area contributed by atoms with Crippen LogP contribution < -0.4 is 5.73 Å². The Morgan fingerprint density at radius 1 is 1.78 bits per heavy atom. The van der Waals surface area contributed by atoms with Gasteiger partial charge < -0.3 is 5.73 Å². The maximum absolute atomic E-state index is 5.14. The Kier molecular flexibility index (Phi) is 4.05. The van der Waals surface area contributed by atoms with E-state index in [4.69, 9.17) is 5.73 Å². The Morgan fingerprint density at radius 3 is 2.67 bits per heavy atom. The number of nitrogens with zero attached hydrogens (tertiary/aromatic N) is 1. The molecule has 0 aromatic heterocycles. The van der Waals surface area contributed by atoms with Gasteiger partial charge in [0, 0.05) is 6.21 Å². The molecule has 0 aromatic rings. The lowest BCUT2D eigenvalue weighted by atomic mass is 10.6. The first-order valence-corrected chi connectivity index (χ1v) is 3.23. The van der Waals surface area contributed by atoms with Crippen molar-refractivity contribution >= 4 is 22.1 Å². The predicted molar refractivity (Wildman–Crippen MR) is 44.5 cm³/mol. The summed E-state index contributed by atoms with van der Waals surface area (Å²) < 4.78 is 1.01. The lowest BCUT2D eigenvalue weighted by Gasteiger charge is -1.82. The van der Waals surface area contributed by atoms with Crippen LogP contribution in [0, 0.1) is 0 Å². The van der Waals surface area contributed by atoms with E-state index in [0.717, 1.165) is 4.48 Å². The van der Waals surface area contributed by atoms with Crippen LogP contribution in [0.3, 0.4) is 0 Å². The number of hydrogen-bond donors (Lipinski definition) is 1. The van der Waals surface area contributed by atoms with Gasteiger partial charge in [0.2, 0.25) is 0 Å². The van der Waals surface area contributed by atoms with E-state index in [1.807, 2.05) is 6.92 Å². The second kappa shape index (κ2) is 4.32. The first-order valence-electron chi connectivity index (χ1n) is 2.44. The Bertz CT molecular complexity index is 154. The maximum Gasteiger partial charge on any atom is 0.115 e. The molecule has 0 aliphatic rings. The van der Waals surface area contributed by atoms with Gasteiger partial charge in [0.15, 0.2) is 0 Å². The minimum Gasteiger partial charge on any atom is -0.384 e. The van der Waals surface area contributed by atoms with Crippen LogP contribution in [0.5, 0.6) is 0 Å². The molecule has 9 heavy (non-hydrogen) atoms. The largest absolute Gasteiger partial charge is 0.384 e. The van der Waals surface area contributed by atoms with Gasteiger partial charge in [0.1, 0.15) is 5.82 Å². The van der Waals surface area contributed by atoms with Gasteiger partial charge >= 0.3 is 0 Å². The average molecular weight is 189 g/mol. The summed E-state index contributed by atoms with van der Waals surface area (Å²) in [6, 6.07) is 0. The molecule has 0 spiro atoms. The summed E-state index contributed by atoms with van der Waals surface area (Å²) in [4.78, 5) is 3.72. The Labute approximate surface area is 63.3 Å². The van der Waals surface area contributed by atoms with Crippen LogP contribution in [0.25, 0.3) is 0 Å². The van der Waals surface area contributed by atoms with Crippen LogP contribution in [0.15, 0.2) is 28.0 Å². The zero-order valence-electron chi connectivity index (χ0n) is 5.26. The number of aliphatic imine (C=N–C) groups is 1. The molecular formula is C6H9BrN2. The highest BCUT2D eigenvalue weighted by Gasteiger charge is 1.73. The molecule has 0 aromatic carbocycles. The third-order valence-corrected chi connectivity index (χ3v) is 0.809. The highest BCUT2D eigenvalue weighted by atomic mass is 79.9. The molecule has 0 rings (SSSR count). The van der Waals surface area contributed by atoms with Gasteiger partial charge in [-0.15, -0.1) is 0 Å². The summed E-state index contributed by atoms with van der Waals surface area (Å²) in [5.41, 5.74) is 5.14. The van der Waals surface area contributed by atoms with Gasteiger partial charge in [-0.1, -0.05) is 22.5 Å². The lowest BCUT2D eigenvalue weighted by Crippen LogP contribution is -1.88. The fourth-order valence-corrected chi connectivity index (χ4v) is 0.354. The standard InChI is InChI=1S/C6H9BrN2/c1-5(7)3-4-9-6(2)8/h3-4H,2,8H2,1H3/b5-3+,9-4?. The third-order valence-electron chi connectivity index (χ3n) is 0.545. The average Bonchev–Trinajstić information content (AvgIpc) is 1.63. The predicted octanol–water partition coefficient (Wildman–Crippen LogP) is 1.79. The number of allylic oxidation sites excluding steroid dienone is 2. The highest BCUT2D eigenvalue weighted by Crippen LogP contribution is 1.98. The Morgan fingerprint density at radius 2 is 2.33 bits per heavy atom. The third kappa shape index (κ3) is 7.43. The molecule has 2 N–H and O–H groups in total. The quantitative estimate of drug-likeness (QED) is 0.660. The molecule has 2 nitrogen and oxygen atoms in total. The Hall–Kier alpha value is -0.570. The van der Waals surface area contributed by atoms with Crippen LogP contribution in [-0.4, -0.2) is 6.21 Å². The monoisotopic (exact) mass is 188 g/mol. The lowest BCUT2D eigenvalue weighted by molar-refractivity contribution is 1.28. The molecule has 0 aliphatic carbocycles. The first kappa shape index (κ1) is 8.43. The van der Waals surface area contributed by atoms with Crippen molar-refractivity contribution in [3.05, 3.63) is 23.0 Å².